The highest BCUT2D eigenvalue weighted by Crippen LogP contribution is 2.37. The van der Waals surface area contributed by atoms with Crippen molar-refractivity contribution in [1.82, 2.24) is 10.2 Å². The molecule has 5 rings (SSSR count). The van der Waals surface area contributed by atoms with E-state index in [0.717, 1.165) is 23.2 Å². The van der Waals surface area contributed by atoms with Crippen molar-refractivity contribution in [1.29, 1.82) is 0 Å². The molecule has 2 aromatic carbocycles. The van der Waals surface area contributed by atoms with Crippen LogP contribution in [0.15, 0.2) is 71.2 Å². The van der Waals surface area contributed by atoms with Gasteiger partial charge in [0.15, 0.2) is 11.6 Å². The first-order valence-electron chi connectivity index (χ1n) is 14.4. The van der Waals surface area contributed by atoms with E-state index in [4.69, 9.17) is 9.47 Å². The highest BCUT2D eigenvalue weighted by atomic mass is 19.4. The maximum atomic E-state index is 14.4. The predicted octanol–water partition coefficient (Wildman–Crippen LogP) is 7.57. The summed E-state index contributed by atoms with van der Waals surface area (Å²) < 4.78 is 64.5. The van der Waals surface area contributed by atoms with E-state index in [0.29, 0.717) is 35.1 Å². The molecule has 3 unspecified atom stereocenters. The number of carbonyl (C=O) groups is 1. The van der Waals surface area contributed by atoms with Crippen LogP contribution >= 0.6 is 0 Å². The number of aryl methyl sites for hydroxylation is 1. The normalized spacial score (nSPS) is 22.6. The Morgan fingerprint density at radius 2 is 1.91 bits per heavy atom. The molecule has 0 radical (unpaired) electrons. The molecular formula is C33H35F4N3O3. The van der Waals surface area contributed by atoms with Crippen LogP contribution in [0, 0.1) is 24.6 Å². The molecule has 3 aliphatic rings. The molecule has 1 N–H and O–H groups in total. The number of benzene rings is 2. The second-order valence-electron chi connectivity index (χ2n) is 11.4. The van der Waals surface area contributed by atoms with Crippen LogP contribution in [-0.2, 0) is 0 Å². The first-order chi connectivity index (χ1) is 20.4. The maximum absolute atomic E-state index is 14.4. The van der Waals surface area contributed by atoms with Gasteiger partial charge in [0.05, 0.1) is 31.4 Å². The van der Waals surface area contributed by atoms with Crippen LogP contribution in [0.3, 0.4) is 0 Å². The number of methoxy groups -OCH3 is 1. The van der Waals surface area contributed by atoms with E-state index in [9.17, 15) is 22.4 Å². The molecule has 3 atom stereocenters. The second-order valence-corrected chi connectivity index (χ2v) is 11.4. The number of nitrogens with zero attached hydrogens (tertiary/aromatic N) is 2. The van der Waals surface area contributed by atoms with E-state index < -0.39 is 25.0 Å². The van der Waals surface area contributed by atoms with Gasteiger partial charge in [0, 0.05) is 36.1 Å². The van der Waals surface area contributed by atoms with Gasteiger partial charge in [0.1, 0.15) is 11.5 Å². The molecule has 2 aliphatic heterocycles. The third-order valence-corrected chi connectivity index (χ3v) is 7.82. The molecule has 228 valence electrons. The molecule has 1 amide bonds. The number of hydrogen-bond donors (Lipinski definition) is 1. The first-order valence-corrected chi connectivity index (χ1v) is 14.4. The van der Waals surface area contributed by atoms with Crippen molar-refractivity contribution >= 4 is 17.3 Å². The second kappa shape index (κ2) is 12.3. The van der Waals surface area contributed by atoms with E-state index in [1.807, 2.05) is 30.0 Å². The molecular weight excluding hydrogens is 562 g/mol. The average molecular weight is 598 g/mol. The number of halogens is 4. The monoisotopic (exact) mass is 597 g/mol. The van der Waals surface area contributed by atoms with Crippen LogP contribution in [0.25, 0.3) is 5.70 Å². The van der Waals surface area contributed by atoms with E-state index in [1.54, 1.807) is 18.3 Å². The summed E-state index contributed by atoms with van der Waals surface area (Å²) in [6, 6.07) is 10.0. The molecule has 2 heterocycles. The zero-order valence-corrected chi connectivity index (χ0v) is 24.6. The SMILES string of the molecule is COc1ccc(OC2=CN3C(=CCC(C)C=C3c3ccc(C(=O)NC4CC4C)c(C)c3)C(=NCCC(F)(F)F)C2)cc1F. The van der Waals surface area contributed by atoms with Crippen molar-refractivity contribution < 1.29 is 31.8 Å². The van der Waals surface area contributed by atoms with Gasteiger partial charge in [-0.25, -0.2) is 4.39 Å². The molecule has 0 saturated heterocycles. The van der Waals surface area contributed by atoms with Gasteiger partial charge in [0.25, 0.3) is 5.91 Å². The Balaban J connectivity index is 1.51. The van der Waals surface area contributed by atoms with E-state index in [-0.39, 0.29) is 35.8 Å². The summed E-state index contributed by atoms with van der Waals surface area (Å²) in [6.07, 6.45) is 2.21. The number of nitrogens with one attached hydrogen (secondary N) is 1. The van der Waals surface area contributed by atoms with Gasteiger partial charge in [-0.2, -0.15) is 13.2 Å². The molecule has 6 nitrogen and oxygen atoms in total. The van der Waals surface area contributed by atoms with Crippen LogP contribution in [0.2, 0.25) is 0 Å². The molecule has 0 bridgehead atoms. The summed E-state index contributed by atoms with van der Waals surface area (Å²) in [7, 11) is 1.36. The fourth-order valence-corrected chi connectivity index (χ4v) is 5.25. The largest absolute Gasteiger partial charge is 0.494 e. The van der Waals surface area contributed by atoms with Crippen molar-refractivity contribution in [2.24, 2.45) is 16.8 Å². The van der Waals surface area contributed by atoms with Gasteiger partial charge < -0.3 is 19.7 Å². The molecule has 0 aromatic heterocycles. The minimum Gasteiger partial charge on any atom is -0.494 e. The highest BCUT2D eigenvalue weighted by molar-refractivity contribution is 6.04. The maximum Gasteiger partial charge on any atom is 0.390 e. The van der Waals surface area contributed by atoms with Gasteiger partial charge in [0.2, 0.25) is 0 Å². The number of aliphatic imine (C=N–C) groups is 1. The van der Waals surface area contributed by atoms with Gasteiger partial charge >= 0.3 is 6.18 Å². The molecule has 1 fully saturated rings. The number of alkyl halides is 3. The van der Waals surface area contributed by atoms with Crippen molar-refractivity contribution in [3.8, 4) is 11.5 Å². The molecule has 0 spiro atoms. The number of allylic oxidation sites excluding steroid dienone is 4. The number of hydrogen-bond acceptors (Lipinski definition) is 5. The number of ether oxygens (including phenoxy) is 2. The minimum atomic E-state index is -4.34. The van der Waals surface area contributed by atoms with E-state index >= 15 is 0 Å². The smallest absolute Gasteiger partial charge is 0.390 e. The lowest BCUT2D eigenvalue weighted by Crippen LogP contribution is -2.29. The fraction of sp³-hybridized carbons (Fsp3) is 0.394. The predicted molar refractivity (Wildman–Crippen MR) is 157 cm³/mol. The quantitative estimate of drug-likeness (QED) is 0.319. The third kappa shape index (κ3) is 7.29. The Bertz CT molecular complexity index is 1530. The number of fused-ring (bicyclic) bond motifs is 1. The zero-order chi connectivity index (χ0) is 30.9. The van der Waals surface area contributed by atoms with Crippen LogP contribution in [0.5, 0.6) is 11.5 Å². The average Bonchev–Trinajstić information content (AvgIpc) is 3.66. The molecule has 1 aliphatic carbocycles. The summed E-state index contributed by atoms with van der Waals surface area (Å²) in [5.74, 6) is 0.552. The fourth-order valence-electron chi connectivity index (χ4n) is 5.25. The summed E-state index contributed by atoms with van der Waals surface area (Å²) in [6.45, 7) is 5.62. The highest BCUT2D eigenvalue weighted by Gasteiger charge is 2.34. The Morgan fingerprint density at radius 3 is 2.56 bits per heavy atom. The van der Waals surface area contributed by atoms with Crippen molar-refractivity contribution in [3.63, 3.8) is 0 Å². The van der Waals surface area contributed by atoms with Gasteiger partial charge in [-0.15, -0.1) is 0 Å². The molecule has 43 heavy (non-hydrogen) atoms. The van der Waals surface area contributed by atoms with Gasteiger partial charge in [-0.05, 0) is 67.0 Å². The molecule has 10 heteroatoms. The number of amides is 1. The van der Waals surface area contributed by atoms with Crippen molar-refractivity contribution in [3.05, 3.63) is 88.7 Å². The summed E-state index contributed by atoms with van der Waals surface area (Å²) in [4.78, 5) is 19.1. The van der Waals surface area contributed by atoms with Crippen molar-refractivity contribution in [2.75, 3.05) is 13.7 Å². The lowest BCUT2D eigenvalue weighted by molar-refractivity contribution is -0.132. The summed E-state index contributed by atoms with van der Waals surface area (Å²) in [5.41, 5.74) is 4.13. The summed E-state index contributed by atoms with van der Waals surface area (Å²) >= 11 is 0. The lowest BCUT2D eigenvalue weighted by Gasteiger charge is -2.32. The van der Waals surface area contributed by atoms with Crippen LogP contribution in [-0.4, -0.2) is 42.4 Å². The zero-order valence-electron chi connectivity index (χ0n) is 24.6. The Kier molecular flexibility index (Phi) is 8.66. The van der Waals surface area contributed by atoms with Crippen molar-refractivity contribution in [2.45, 2.75) is 58.7 Å². The Morgan fingerprint density at radius 1 is 1.14 bits per heavy atom. The number of rotatable bonds is 8. The van der Waals surface area contributed by atoms with Crippen LogP contribution in [0.1, 0.15) is 61.0 Å². The Hall–Kier alpha value is -4.08. The Labute approximate surface area is 248 Å². The van der Waals surface area contributed by atoms with Gasteiger partial charge in [-0.3, -0.25) is 9.79 Å². The van der Waals surface area contributed by atoms with Gasteiger partial charge in [-0.1, -0.05) is 32.1 Å². The minimum absolute atomic E-state index is 0.0652. The van der Waals surface area contributed by atoms with E-state index in [2.05, 4.69) is 30.2 Å². The summed E-state index contributed by atoms with van der Waals surface area (Å²) in [5, 5.41) is 3.07. The van der Waals surface area contributed by atoms with Crippen LogP contribution < -0.4 is 14.8 Å². The number of carbonyl (C=O) groups excluding carboxylic acids is 1. The molecule has 1 saturated carbocycles. The molecule has 2 aromatic rings. The van der Waals surface area contributed by atoms with E-state index in [1.165, 1.54) is 19.2 Å². The van der Waals surface area contributed by atoms with Crippen LogP contribution in [0.4, 0.5) is 17.6 Å². The standard InChI is InChI=1S/C33H35F4N3O3/c1-19-5-9-29-28(38-12-11-33(35,36)37)17-24(43-23-7-10-31(42-4)26(34)16-23)18-40(29)30(13-19)22-6-8-25(20(2)14-22)32(41)39-27-15-21(27)3/h6-10,13-14,16,18-19,21,27H,5,11-12,15,17H2,1-4H3,(H,39,41). The topological polar surface area (TPSA) is 63.2 Å². The lowest BCUT2D eigenvalue weighted by atomic mass is 9.99. The first kappa shape index (κ1) is 30.4. The third-order valence-electron chi connectivity index (χ3n) is 7.82.